The van der Waals surface area contributed by atoms with Crippen molar-refractivity contribution in [3.05, 3.63) is 42.7 Å². The van der Waals surface area contributed by atoms with Gasteiger partial charge in [0.2, 0.25) is 0 Å². The molecule has 0 fully saturated rings. The van der Waals surface area contributed by atoms with Gasteiger partial charge in [-0.05, 0) is 30.3 Å². The zero-order chi connectivity index (χ0) is 12.3. The number of nitrogens with zero attached hydrogens (tertiary/aromatic N) is 2. The Labute approximate surface area is 99.0 Å². The first-order valence-corrected chi connectivity index (χ1v) is 6.62. The maximum absolute atomic E-state index is 11.2. The molecule has 0 amide bonds. The number of hydrogen-bond acceptors (Lipinski definition) is 5. The fourth-order valence-electron chi connectivity index (χ4n) is 1.17. The highest BCUT2D eigenvalue weighted by atomic mass is 32.2. The Hall–Kier alpha value is -1.95. The number of rotatable bonds is 3. The molecule has 87 valence electrons. The predicted octanol–water partition coefficient (Wildman–Crippen LogP) is 1.47. The molecule has 5 nitrogen and oxygen atoms in total. The molecule has 6 heteroatoms. The molecule has 2 rings (SSSR count). The minimum absolute atomic E-state index is 0.166. The van der Waals surface area contributed by atoms with Gasteiger partial charge in [0.25, 0.3) is 0 Å². The lowest BCUT2D eigenvalue weighted by Gasteiger charge is -2.03. The van der Waals surface area contributed by atoms with Crippen molar-refractivity contribution in [2.24, 2.45) is 0 Å². The van der Waals surface area contributed by atoms with E-state index in [1.54, 1.807) is 18.2 Å². The molecule has 0 saturated carbocycles. The van der Waals surface area contributed by atoms with E-state index >= 15 is 0 Å². The minimum atomic E-state index is -3.19. The molecule has 0 bridgehead atoms. The van der Waals surface area contributed by atoms with E-state index in [0.29, 0.717) is 5.75 Å². The summed E-state index contributed by atoms with van der Waals surface area (Å²) in [5.41, 5.74) is 0. The van der Waals surface area contributed by atoms with Crippen LogP contribution in [0.3, 0.4) is 0 Å². The molecule has 0 atom stereocenters. The average molecular weight is 249 g/mol. The second-order valence-corrected chi connectivity index (χ2v) is 5.33. The van der Waals surface area contributed by atoms with Gasteiger partial charge in [0, 0.05) is 12.5 Å². The first kappa shape index (κ1) is 11.5. The molecule has 0 aliphatic rings. The molecule has 0 unspecified atom stereocenters. The van der Waals surface area contributed by atoms with Gasteiger partial charge in [0.05, 0.1) is 11.1 Å². The van der Waals surface area contributed by atoms with Crippen LogP contribution in [0.4, 0.5) is 0 Å². The van der Waals surface area contributed by atoms with E-state index < -0.39 is 9.84 Å². The molecular weight excluding hydrogens is 240 g/mol. The summed E-state index contributed by atoms with van der Waals surface area (Å²) in [6.45, 7) is 0. The zero-order valence-electron chi connectivity index (χ0n) is 8.99. The Bertz CT molecular complexity index is 594. The molecule has 2 aromatic rings. The van der Waals surface area contributed by atoms with E-state index in [-0.39, 0.29) is 10.9 Å². The van der Waals surface area contributed by atoms with Crippen molar-refractivity contribution in [3.8, 4) is 11.8 Å². The lowest BCUT2D eigenvalue weighted by Crippen LogP contribution is -1.96. The number of ether oxygens (including phenoxy) is 1. The van der Waals surface area contributed by atoms with Gasteiger partial charge in [-0.3, -0.25) is 0 Å². The van der Waals surface area contributed by atoms with Crippen molar-refractivity contribution in [2.75, 3.05) is 6.26 Å². The number of hydrogen-bond donors (Lipinski definition) is 0. The summed E-state index contributed by atoms with van der Waals surface area (Å²) >= 11 is 0. The third kappa shape index (κ3) is 3.01. The molecule has 0 N–H and O–H groups in total. The van der Waals surface area contributed by atoms with Crippen molar-refractivity contribution in [1.29, 1.82) is 0 Å². The van der Waals surface area contributed by atoms with E-state index in [4.69, 9.17) is 4.74 Å². The lowest BCUT2D eigenvalue weighted by molar-refractivity contribution is 0.441. The third-order valence-electron chi connectivity index (χ3n) is 1.96. The third-order valence-corrected chi connectivity index (χ3v) is 3.08. The Balaban J connectivity index is 2.20. The van der Waals surface area contributed by atoms with Gasteiger partial charge in [-0.2, -0.15) is 4.98 Å². The quantitative estimate of drug-likeness (QED) is 0.824. The Morgan fingerprint density at radius 2 is 1.94 bits per heavy atom. The summed E-state index contributed by atoms with van der Waals surface area (Å²) in [4.78, 5) is 7.87. The average Bonchev–Trinajstić information content (AvgIpc) is 2.30. The first-order chi connectivity index (χ1) is 8.05. The summed E-state index contributed by atoms with van der Waals surface area (Å²) < 4.78 is 27.8. The monoisotopic (exact) mass is 249 g/mol. The number of sulfone groups is 1. The molecule has 1 aromatic carbocycles. The smallest absolute Gasteiger partial charge is 0.322 e. The van der Waals surface area contributed by atoms with Gasteiger partial charge in [-0.15, -0.1) is 0 Å². The summed E-state index contributed by atoms with van der Waals surface area (Å²) in [7, 11) is -3.19. The Morgan fingerprint density at radius 1 is 1.24 bits per heavy atom. The molecule has 0 aliphatic heterocycles. The van der Waals surface area contributed by atoms with Crippen molar-refractivity contribution in [2.45, 2.75) is 4.90 Å². The Kier molecular flexibility index (Phi) is 3.06. The highest BCUT2D eigenvalue weighted by molar-refractivity contribution is 7.90. The van der Waals surface area contributed by atoms with Crippen LogP contribution in [-0.2, 0) is 9.84 Å². The van der Waals surface area contributed by atoms with Crippen molar-refractivity contribution >= 4 is 9.84 Å². The molecule has 1 radical (unpaired) electrons. The van der Waals surface area contributed by atoms with Gasteiger partial charge in [-0.25, -0.2) is 13.4 Å². The van der Waals surface area contributed by atoms with Crippen molar-refractivity contribution in [3.63, 3.8) is 0 Å². The van der Waals surface area contributed by atoms with E-state index in [1.807, 2.05) is 0 Å². The summed E-state index contributed by atoms with van der Waals surface area (Å²) in [6, 6.07) is 7.76. The minimum Gasteiger partial charge on any atom is -0.424 e. The molecule has 17 heavy (non-hydrogen) atoms. The molecule has 1 aromatic heterocycles. The molecule has 0 spiro atoms. The Morgan fingerprint density at radius 3 is 2.47 bits per heavy atom. The molecule has 1 heterocycles. The van der Waals surface area contributed by atoms with Crippen LogP contribution >= 0.6 is 0 Å². The van der Waals surface area contributed by atoms with Crippen LogP contribution in [0.2, 0.25) is 0 Å². The van der Waals surface area contributed by atoms with Gasteiger partial charge in [0.1, 0.15) is 5.75 Å². The van der Waals surface area contributed by atoms with Crippen LogP contribution < -0.4 is 4.74 Å². The van der Waals surface area contributed by atoms with Gasteiger partial charge >= 0.3 is 6.01 Å². The van der Waals surface area contributed by atoms with Crippen LogP contribution in [-0.4, -0.2) is 24.6 Å². The van der Waals surface area contributed by atoms with Gasteiger partial charge in [0.15, 0.2) is 9.84 Å². The zero-order valence-corrected chi connectivity index (χ0v) is 9.81. The summed E-state index contributed by atoms with van der Waals surface area (Å²) in [6.07, 6.45) is 5.24. The van der Waals surface area contributed by atoms with E-state index in [2.05, 4.69) is 16.2 Å². The standard InChI is InChI=1S/C11H9N2O3S/c1-17(14,15)10-5-3-9(4-6-10)16-11-12-7-2-8-13-11/h2-7H,1H3. The van der Waals surface area contributed by atoms with Crippen molar-refractivity contribution < 1.29 is 13.2 Å². The predicted molar refractivity (Wildman–Crippen MR) is 60.5 cm³/mol. The molecular formula is C11H9N2O3S. The summed E-state index contributed by atoms with van der Waals surface area (Å²) in [5.74, 6) is 0.469. The largest absolute Gasteiger partial charge is 0.424 e. The maximum Gasteiger partial charge on any atom is 0.322 e. The number of aromatic nitrogens is 2. The summed E-state index contributed by atoms with van der Waals surface area (Å²) in [5, 5.41) is 0. The SMILES string of the molecule is CS(=O)(=O)c1ccc(Oc2n[c]ccn2)cc1. The van der Waals surface area contributed by atoms with Crippen LogP contribution in [0.25, 0.3) is 0 Å². The second-order valence-electron chi connectivity index (χ2n) is 3.31. The lowest BCUT2D eigenvalue weighted by atomic mass is 10.3. The highest BCUT2D eigenvalue weighted by Crippen LogP contribution is 2.19. The normalized spacial score (nSPS) is 11.1. The fourth-order valence-corrected chi connectivity index (χ4v) is 1.80. The highest BCUT2D eigenvalue weighted by Gasteiger charge is 2.07. The van der Waals surface area contributed by atoms with E-state index in [9.17, 15) is 8.42 Å². The van der Waals surface area contributed by atoms with Crippen LogP contribution in [0.5, 0.6) is 11.8 Å². The second kappa shape index (κ2) is 4.50. The molecule has 0 saturated heterocycles. The van der Waals surface area contributed by atoms with Crippen molar-refractivity contribution in [1.82, 2.24) is 9.97 Å². The van der Waals surface area contributed by atoms with Crippen LogP contribution in [0, 0.1) is 6.20 Å². The first-order valence-electron chi connectivity index (χ1n) is 4.73. The van der Waals surface area contributed by atoms with Gasteiger partial charge in [-0.1, -0.05) is 0 Å². The number of benzene rings is 1. The van der Waals surface area contributed by atoms with Crippen LogP contribution in [0.1, 0.15) is 0 Å². The van der Waals surface area contributed by atoms with E-state index in [0.717, 1.165) is 6.26 Å². The topological polar surface area (TPSA) is 69.2 Å². The fraction of sp³-hybridized carbons (Fsp3) is 0.0909. The van der Waals surface area contributed by atoms with Crippen LogP contribution in [0.15, 0.2) is 41.4 Å². The van der Waals surface area contributed by atoms with E-state index in [1.165, 1.54) is 18.3 Å². The molecule has 0 aliphatic carbocycles. The maximum atomic E-state index is 11.2. The van der Waals surface area contributed by atoms with Gasteiger partial charge < -0.3 is 4.74 Å².